The predicted octanol–water partition coefficient (Wildman–Crippen LogP) is 1.77. The maximum Gasteiger partial charge on any atom is 0.353 e. The van der Waals surface area contributed by atoms with Crippen LogP contribution in [0.25, 0.3) is 0 Å². The summed E-state index contributed by atoms with van der Waals surface area (Å²) in [7, 11) is 0. The van der Waals surface area contributed by atoms with Gasteiger partial charge in [0.15, 0.2) is 0 Å². The SMILES string of the molecule is C[C@@H](O)[C@H]1C(=O)N2C(C(=O)O)=C(CCC[C]3[CH][CH][CH][CH]3)S[C@H]12. The Kier molecular flexibility index (Phi) is 4.50. The molecule has 22 heavy (non-hydrogen) atoms. The molecule has 0 unspecified atom stereocenters. The summed E-state index contributed by atoms with van der Waals surface area (Å²) in [5, 5.41) is 18.8. The third-order valence-corrected chi connectivity index (χ3v) is 5.60. The van der Waals surface area contributed by atoms with E-state index in [2.05, 4.69) is 12.8 Å². The molecule has 0 bridgehead atoms. The van der Waals surface area contributed by atoms with Crippen LogP contribution < -0.4 is 0 Å². The molecular formula is C16H18NO4S. The molecule has 1 saturated carbocycles. The molecule has 3 atom stereocenters. The van der Waals surface area contributed by atoms with Crippen LogP contribution in [0.4, 0.5) is 0 Å². The number of amides is 1. The monoisotopic (exact) mass is 320 g/mol. The Hall–Kier alpha value is -1.01. The number of hydrogen-bond acceptors (Lipinski definition) is 4. The predicted molar refractivity (Wildman–Crippen MR) is 82.4 cm³/mol. The van der Waals surface area contributed by atoms with E-state index in [1.54, 1.807) is 6.92 Å². The van der Waals surface area contributed by atoms with Gasteiger partial charge >= 0.3 is 5.97 Å². The number of aliphatic hydroxyl groups is 1. The number of carbonyl (C=O) groups excluding carboxylic acids is 1. The number of nitrogens with zero attached hydrogens (tertiary/aromatic N) is 1. The molecule has 1 aliphatic carbocycles. The minimum Gasteiger partial charge on any atom is -0.477 e. The summed E-state index contributed by atoms with van der Waals surface area (Å²) in [4.78, 5) is 25.6. The molecule has 6 heteroatoms. The zero-order valence-corrected chi connectivity index (χ0v) is 13.0. The van der Waals surface area contributed by atoms with Crippen molar-refractivity contribution in [3.8, 4) is 0 Å². The van der Waals surface area contributed by atoms with Gasteiger partial charge in [-0.05, 0) is 57.8 Å². The van der Waals surface area contributed by atoms with Crippen molar-refractivity contribution in [1.29, 1.82) is 0 Å². The number of carboxylic acid groups (broad SMARTS) is 1. The number of thioether (sulfide) groups is 1. The zero-order chi connectivity index (χ0) is 15.9. The van der Waals surface area contributed by atoms with Crippen molar-refractivity contribution >= 4 is 23.6 Å². The number of aliphatic carboxylic acids is 1. The van der Waals surface area contributed by atoms with Crippen molar-refractivity contribution in [3.05, 3.63) is 42.2 Å². The van der Waals surface area contributed by atoms with Crippen LogP contribution in [0.15, 0.2) is 10.6 Å². The average molecular weight is 320 g/mol. The summed E-state index contributed by atoms with van der Waals surface area (Å²) in [5.74, 6) is -0.597. The van der Waals surface area contributed by atoms with Crippen molar-refractivity contribution in [2.24, 2.45) is 5.92 Å². The van der Waals surface area contributed by atoms with E-state index in [0.717, 1.165) is 17.7 Å². The molecule has 0 aromatic heterocycles. The van der Waals surface area contributed by atoms with Crippen molar-refractivity contribution in [3.63, 3.8) is 0 Å². The summed E-state index contributed by atoms with van der Waals surface area (Å²) >= 11 is 1.42. The highest BCUT2D eigenvalue weighted by Crippen LogP contribution is 2.51. The molecular weight excluding hydrogens is 302 g/mol. The first-order valence-electron chi connectivity index (χ1n) is 7.35. The molecule has 0 aromatic carbocycles. The number of fused-ring (bicyclic) bond motifs is 1. The second-order valence-corrected chi connectivity index (χ2v) is 6.92. The van der Waals surface area contributed by atoms with Crippen LogP contribution >= 0.6 is 11.8 Å². The standard InChI is InChI=1S/C16H18NO4S/c1-9(18)12-14(19)17-13(16(20)21)11(22-15(12)17)8-4-7-10-5-2-3-6-10/h2-3,5-6,9,12,15,18H,4,7-8H2,1H3,(H,20,21)/t9-,12+,15-/m1/s1. The molecule has 5 radical (unpaired) electrons. The molecule has 0 aromatic rings. The van der Waals surface area contributed by atoms with Gasteiger partial charge < -0.3 is 10.2 Å². The van der Waals surface area contributed by atoms with Gasteiger partial charge in [-0.1, -0.05) is 0 Å². The van der Waals surface area contributed by atoms with Gasteiger partial charge in [0.1, 0.15) is 11.1 Å². The quantitative estimate of drug-likeness (QED) is 0.729. The minimum atomic E-state index is -1.06. The van der Waals surface area contributed by atoms with E-state index in [0.29, 0.717) is 6.42 Å². The van der Waals surface area contributed by atoms with Crippen molar-refractivity contribution in [2.45, 2.75) is 37.7 Å². The van der Waals surface area contributed by atoms with Gasteiger partial charge in [-0.15, -0.1) is 11.8 Å². The van der Waals surface area contributed by atoms with Crippen LogP contribution in [0.3, 0.4) is 0 Å². The first kappa shape index (κ1) is 15.9. The molecule has 0 spiro atoms. The molecule has 1 saturated heterocycles. The Balaban J connectivity index is 1.64. The third-order valence-electron chi connectivity index (χ3n) is 4.18. The van der Waals surface area contributed by atoms with Crippen LogP contribution in [-0.2, 0) is 9.59 Å². The summed E-state index contributed by atoms with van der Waals surface area (Å²) < 4.78 is 0. The van der Waals surface area contributed by atoms with Crippen molar-refractivity contribution in [1.82, 2.24) is 4.90 Å². The topological polar surface area (TPSA) is 77.8 Å². The van der Waals surface area contributed by atoms with E-state index in [4.69, 9.17) is 0 Å². The normalized spacial score (nSPS) is 29.7. The number of carbonyl (C=O) groups is 2. The first-order valence-corrected chi connectivity index (χ1v) is 8.23. The Morgan fingerprint density at radius 1 is 1.36 bits per heavy atom. The van der Waals surface area contributed by atoms with E-state index < -0.39 is 18.0 Å². The molecule has 2 heterocycles. The number of β-lactam (4-membered cyclic amide) rings is 1. The molecule has 1 amide bonds. The smallest absolute Gasteiger partial charge is 0.353 e. The minimum absolute atomic E-state index is 0.111. The van der Waals surface area contributed by atoms with Gasteiger partial charge in [0, 0.05) is 4.91 Å². The third kappa shape index (κ3) is 2.67. The fraction of sp³-hybridized carbons (Fsp3) is 0.438. The van der Waals surface area contributed by atoms with Crippen molar-refractivity contribution in [2.75, 3.05) is 0 Å². The molecule has 5 nitrogen and oxygen atoms in total. The van der Waals surface area contributed by atoms with Gasteiger partial charge in [0.05, 0.1) is 12.0 Å². The second kappa shape index (κ2) is 6.24. The van der Waals surface area contributed by atoms with Crippen LogP contribution in [0.1, 0.15) is 26.2 Å². The largest absolute Gasteiger partial charge is 0.477 e. The summed E-state index contributed by atoms with van der Waals surface area (Å²) in [6.07, 6.45) is 9.70. The van der Waals surface area contributed by atoms with Crippen molar-refractivity contribution < 1.29 is 19.8 Å². The number of rotatable bonds is 6. The van der Waals surface area contributed by atoms with Crippen LogP contribution in [0.5, 0.6) is 0 Å². The van der Waals surface area contributed by atoms with E-state index in [1.807, 2.05) is 12.8 Å². The molecule has 3 rings (SSSR count). The number of hydrogen-bond donors (Lipinski definition) is 2. The lowest BCUT2D eigenvalue weighted by Gasteiger charge is -2.43. The molecule has 2 fully saturated rings. The maximum absolute atomic E-state index is 12.1. The number of carboxylic acids is 1. The van der Waals surface area contributed by atoms with E-state index >= 15 is 0 Å². The highest BCUT2D eigenvalue weighted by Gasteiger charge is 2.57. The van der Waals surface area contributed by atoms with Gasteiger partial charge in [-0.25, -0.2) is 4.79 Å². The van der Waals surface area contributed by atoms with Gasteiger partial charge in [0.2, 0.25) is 5.91 Å². The summed E-state index contributed by atoms with van der Waals surface area (Å²) in [6.45, 7) is 1.58. The lowest BCUT2D eigenvalue weighted by molar-refractivity contribution is -0.156. The molecule has 3 aliphatic rings. The highest BCUT2D eigenvalue weighted by molar-refractivity contribution is 8.04. The number of aliphatic hydroxyl groups excluding tert-OH is 1. The molecule has 2 N–H and O–H groups in total. The van der Waals surface area contributed by atoms with Gasteiger partial charge in [0.25, 0.3) is 0 Å². The molecule has 117 valence electrons. The Labute approximate surface area is 134 Å². The van der Waals surface area contributed by atoms with Gasteiger partial charge in [-0.2, -0.15) is 0 Å². The fourth-order valence-electron chi connectivity index (χ4n) is 3.06. The first-order chi connectivity index (χ1) is 10.5. The highest BCUT2D eigenvalue weighted by atomic mass is 32.2. The zero-order valence-electron chi connectivity index (χ0n) is 12.2. The van der Waals surface area contributed by atoms with E-state index in [-0.39, 0.29) is 17.0 Å². The summed E-state index contributed by atoms with van der Waals surface area (Å²) in [5.41, 5.74) is 0.111. The Bertz CT molecular complexity index is 510. The molecule has 2 aliphatic heterocycles. The average Bonchev–Trinajstić information content (AvgIpc) is 3.04. The summed E-state index contributed by atoms with van der Waals surface area (Å²) in [6, 6.07) is 0. The van der Waals surface area contributed by atoms with Crippen LogP contribution in [-0.4, -0.2) is 38.5 Å². The Morgan fingerprint density at radius 2 is 2.05 bits per heavy atom. The van der Waals surface area contributed by atoms with Crippen LogP contribution in [0, 0.1) is 37.5 Å². The lowest BCUT2D eigenvalue weighted by Crippen LogP contribution is -2.60. The lowest BCUT2D eigenvalue weighted by atomic mass is 9.92. The van der Waals surface area contributed by atoms with Gasteiger partial charge in [-0.3, -0.25) is 9.69 Å². The maximum atomic E-state index is 12.1. The van der Waals surface area contributed by atoms with E-state index in [9.17, 15) is 19.8 Å². The second-order valence-electron chi connectivity index (χ2n) is 5.71. The number of allylic oxidation sites excluding steroid dienone is 1. The van der Waals surface area contributed by atoms with E-state index in [1.165, 1.54) is 22.6 Å². The Morgan fingerprint density at radius 3 is 2.64 bits per heavy atom. The van der Waals surface area contributed by atoms with Crippen LogP contribution in [0.2, 0.25) is 0 Å². The fourth-order valence-corrected chi connectivity index (χ4v) is 4.72.